The highest BCUT2D eigenvalue weighted by atomic mass is 31.3. The molecule has 2 unspecified atom stereocenters. The number of nitrogens with two attached hydrogens (primary N) is 2. The minimum absolute atomic E-state index is 0.0255. The van der Waals surface area contributed by atoms with Gasteiger partial charge in [0.25, 0.3) is 21.5 Å². The van der Waals surface area contributed by atoms with Gasteiger partial charge in [-0.2, -0.15) is 0 Å². The van der Waals surface area contributed by atoms with E-state index in [1.54, 1.807) is 0 Å². The highest BCUT2D eigenvalue weighted by molar-refractivity contribution is 7.59. The minimum atomic E-state index is -5.55. The molecule has 0 spiro atoms. The molecule has 20 heteroatoms. The van der Waals surface area contributed by atoms with Gasteiger partial charge in [-0.15, -0.1) is 0 Å². The van der Waals surface area contributed by atoms with Crippen molar-refractivity contribution >= 4 is 38.6 Å². The number of aromatic nitrogens is 4. The van der Waals surface area contributed by atoms with Gasteiger partial charge in [-0.25, -0.2) is 13.9 Å². The number of aliphatic hydroxyl groups excluding tert-OH is 4. The Morgan fingerprint density at radius 3 is 2.39 bits per heavy atom. The molecule has 8 bridgehead atoms. The molecule has 0 amide bonds. The van der Waals surface area contributed by atoms with E-state index in [1.807, 2.05) is 0 Å². The molecular formula is C16H23N6O12P2-. The molecule has 1 aliphatic carbocycles. The lowest BCUT2D eigenvalue weighted by Gasteiger charge is -2.32. The van der Waals surface area contributed by atoms with Crippen molar-refractivity contribution in [1.82, 2.24) is 14.5 Å². The molecule has 200 valence electrons. The number of hydrogen-bond acceptors (Lipinski definition) is 16. The van der Waals surface area contributed by atoms with E-state index in [4.69, 9.17) is 16.2 Å². The Morgan fingerprint density at radius 2 is 1.69 bits per heavy atom. The van der Waals surface area contributed by atoms with Gasteiger partial charge in [0.15, 0.2) is 11.7 Å². The van der Waals surface area contributed by atoms with Crippen LogP contribution < -0.4 is 25.8 Å². The molecule has 6 rings (SSSR count). The second kappa shape index (κ2) is 8.90. The zero-order chi connectivity index (χ0) is 26.2. The second-order valence-electron chi connectivity index (χ2n) is 8.71. The summed E-state index contributed by atoms with van der Waals surface area (Å²) in [5.41, 5.74) is 12.4. The molecule has 18 nitrogen and oxygen atoms in total. The first-order valence-corrected chi connectivity index (χ1v) is 13.5. The quantitative estimate of drug-likeness (QED) is 0.133. The molecular weight excluding hydrogens is 530 g/mol. The van der Waals surface area contributed by atoms with Crippen molar-refractivity contribution in [1.29, 1.82) is 0 Å². The van der Waals surface area contributed by atoms with Crippen LogP contribution in [0.2, 0.25) is 0 Å². The number of hydrogen-bond donors (Lipinski definition) is 6. The Bertz CT molecular complexity index is 1280. The summed E-state index contributed by atoms with van der Waals surface area (Å²) in [5.74, 6) is -1.22. The van der Waals surface area contributed by atoms with E-state index in [1.165, 1.54) is 10.9 Å². The number of phosphoric ester groups is 2. The van der Waals surface area contributed by atoms with Crippen LogP contribution in [0.4, 0.5) is 11.8 Å². The van der Waals surface area contributed by atoms with Crippen LogP contribution in [-0.4, -0.2) is 78.7 Å². The number of imidazole rings is 1. The molecule has 0 aromatic carbocycles. The molecule has 1 saturated heterocycles. The SMILES string of the molecule is Nc1nc2c(N)[n+]3cnc2n1[C@@H]1O[C@H](COP(=O)([O-])OP(=O)([O-])OC[C@H]2C[C@@H]3[C@H](O)[C@@H]2O)[C@@H](O)[C@H]1O. The maximum absolute atomic E-state index is 12.1. The maximum Gasteiger partial charge on any atom is 0.274 e. The first-order chi connectivity index (χ1) is 16.8. The van der Waals surface area contributed by atoms with Gasteiger partial charge in [0.2, 0.25) is 17.9 Å². The number of nitrogen functional groups attached to an aromatic ring is 2. The van der Waals surface area contributed by atoms with Crippen LogP contribution in [0.15, 0.2) is 6.33 Å². The Hall–Kier alpha value is -1.79. The molecule has 4 aliphatic rings. The number of fused-ring (bicyclic) bond motifs is 7. The largest absolute Gasteiger partial charge is 0.756 e. The van der Waals surface area contributed by atoms with E-state index in [0.717, 1.165) is 4.57 Å². The van der Waals surface area contributed by atoms with E-state index >= 15 is 0 Å². The summed E-state index contributed by atoms with van der Waals surface area (Å²) in [5, 5.41) is 42.0. The zero-order valence-electron chi connectivity index (χ0n) is 18.2. The summed E-state index contributed by atoms with van der Waals surface area (Å²) < 4.78 is 45.3. The maximum atomic E-state index is 12.1. The first-order valence-electron chi connectivity index (χ1n) is 10.6. The summed E-state index contributed by atoms with van der Waals surface area (Å²) in [6.07, 6.45) is -7.97. The molecule has 3 aliphatic heterocycles. The highest BCUT2D eigenvalue weighted by Crippen LogP contribution is 2.56. The van der Waals surface area contributed by atoms with E-state index in [9.17, 15) is 39.3 Å². The van der Waals surface area contributed by atoms with E-state index < -0.39 is 77.6 Å². The Balaban J connectivity index is 1.60. The fourth-order valence-corrected chi connectivity index (χ4v) is 6.75. The van der Waals surface area contributed by atoms with Crippen LogP contribution in [0.1, 0.15) is 18.7 Å². The lowest BCUT2D eigenvalue weighted by Crippen LogP contribution is -2.48. The number of rotatable bonds is 0. The van der Waals surface area contributed by atoms with Crippen molar-refractivity contribution in [3.8, 4) is 0 Å². The van der Waals surface area contributed by atoms with Crippen molar-refractivity contribution in [2.45, 2.75) is 49.2 Å². The van der Waals surface area contributed by atoms with Crippen molar-refractivity contribution in [2.75, 3.05) is 24.7 Å². The minimum Gasteiger partial charge on any atom is -0.756 e. The Labute approximate surface area is 201 Å². The molecule has 2 aromatic rings. The third-order valence-corrected chi connectivity index (χ3v) is 9.03. The van der Waals surface area contributed by atoms with Crippen molar-refractivity contribution < 1.29 is 62.0 Å². The van der Waals surface area contributed by atoms with Crippen molar-refractivity contribution in [2.24, 2.45) is 5.92 Å². The van der Waals surface area contributed by atoms with Gasteiger partial charge in [0.05, 0.1) is 19.3 Å². The lowest BCUT2D eigenvalue weighted by atomic mass is 10.1. The standard InChI is InChI=1S/C16H24N6O12P2/c17-13-8-14-19-4-21(13)6-1-5(9(23)10(6)24)2-31-35(27,28)34-36(29,30)32-3-7-11(25)12(26)15(33-7)22(14)16(18)20-8/h4-7,9-12,15,17,23-26H,1-3H2,(H4,18,20,27,28,29,30)/p-1/t5-,6-,7-,9-,10+,11-,12-,15-/m1/s1. The van der Waals surface area contributed by atoms with Crippen LogP contribution in [-0.2, 0) is 27.2 Å². The summed E-state index contributed by atoms with van der Waals surface area (Å²) in [6.45, 7) is -1.67. The lowest BCUT2D eigenvalue weighted by molar-refractivity contribution is -0.717. The number of ether oxygens (including phenoxy) is 1. The molecule has 10 atom stereocenters. The van der Waals surface area contributed by atoms with Gasteiger partial charge in [0, 0.05) is 5.92 Å². The first kappa shape index (κ1) is 25.8. The molecule has 1 saturated carbocycles. The van der Waals surface area contributed by atoms with Crippen LogP contribution in [0.3, 0.4) is 0 Å². The third-order valence-electron chi connectivity index (χ3n) is 6.50. The molecule has 8 N–H and O–H groups in total. The fraction of sp³-hybridized carbons (Fsp3) is 0.688. The number of phosphoric acid groups is 2. The van der Waals surface area contributed by atoms with Crippen LogP contribution in [0.25, 0.3) is 11.2 Å². The predicted molar refractivity (Wildman–Crippen MR) is 110 cm³/mol. The van der Waals surface area contributed by atoms with Gasteiger partial charge in [-0.3, -0.25) is 13.7 Å². The number of anilines is 2. The fourth-order valence-electron chi connectivity index (χ4n) is 4.69. The Kier molecular flexibility index (Phi) is 6.39. The van der Waals surface area contributed by atoms with Gasteiger partial charge in [-0.1, -0.05) is 4.98 Å². The summed E-state index contributed by atoms with van der Waals surface area (Å²) in [7, 11) is -11.1. The van der Waals surface area contributed by atoms with Gasteiger partial charge >= 0.3 is 0 Å². The Morgan fingerprint density at radius 1 is 1.03 bits per heavy atom. The van der Waals surface area contributed by atoms with Crippen molar-refractivity contribution in [3.05, 3.63) is 6.33 Å². The molecule has 36 heavy (non-hydrogen) atoms. The molecule has 2 aromatic heterocycles. The van der Waals surface area contributed by atoms with Gasteiger partial charge in [0.1, 0.15) is 30.5 Å². The summed E-state index contributed by atoms with van der Waals surface area (Å²) >= 11 is 0. The summed E-state index contributed by atoms with van der Waals surface area (Å²) in [4.78, 5) is 32.6. The number of nitrogens with zero attached hydrogens (tertiary/aromatic N) is 4. The number of aliphatic hydroxyl groups is 4. The third kappa shape index (κ3) is 4.32. The monoisotopic (exact) mass is 553 g/mol. The average molecular weight is 553 g/mol. The predicted octanol–water partition coefficient (Wildman–Crippen LogP) is -4.21. The van der Waals surface area contributed by atoms with Gasteiger partial charge < -0.3 is 55.5 Å². The van der Waals surface area contributed by atoms with Crippen LogP contribution in [0.5, 0.6) is 0 Å². The second-order valence-corrected chi connectivity index (χ2v) is 11.7. The van der Waals surface area contributed by atoms with E-state index in [0.29, 0.717) is 0 Å². The van der Waals surface area contributed by atoms with E-state index in [-0.39, 0.29) is 29.4 Å². The smallest absolute Gasteiger partial charge is 0.274 e. The average Bonchev–Trinajstić information content (AvgIpc) is 3.37. The molecule has 5 heterocycles. The van der Waals surface area contributed by atoms with Crippen LogP contribution in [0, 0.1) is 5.92 Å². The summed E-state index contributed by atoms with van der Waals surface area (Å²) in [6, 6.07) is -0.906. The van der Waals surface area contributed by atoms with E-state index in [2.05, 4.69) is 23.3 Å². The normalized spacial score (nSPS) is 43.7. The highest BCUT2D eigenvalue weighted by Gasteiger charge is 2.48. The van der Waals surface area contributed by atoms with Gasteiger partial charge in [-0.05, 0) is 6.42 Å². The zero-order valence-corrected chi connectivity index (χ0v) is 20.0. The molecule has 2 fully saturated rings. The molecule has 0 radical (unpaired) electrons. The topological polar surface area (TPSA) is 285 Å². The van der Waals surface area contributed by atoms with Crippen molar-refractivity contribution in [3.63, 3.8) is 0 Å². The van der Waals surface area contributed by atoms with Crippen LogP contribution >= 0.6 is 15.6 Å².